The van der Waals surface area contributed by atoms with Gasteiger partial charge in [0.25, 0.3) is 0 Å². The lowest BCUT2D eigenvalue weighted by Crippen LogP contribution is -2.37. The molecule has 2 aliphatic rings. The summed E-state index contributed by atoms with van der Waals surface area (Å²) in [5.74, 6) is 0. The van der Waals surface area contributed by atoms with Gasteiger partial charge in [0.2, 0.25) is 0 Å². The maximum Gasteiger partial charge on any atom is 0.132 e. The first-order chi connectivity index (χ1) is 15.9. The zero-order chi connectivity index (χ0) is 23.7. The van der Waals surface area contributed by atoms with E-state index in [0.717, 1.165) is 68.9 Å². The monoisotopic (exact) mass is 444 g/mol. The van der Waals surface area contributed by atoms with Crippen molar-refractivity contribution in [1.82, 2.24) is 4.90 Å². The number of anilines is 1. The van der Waals surface area contributed by atoms with Crippen LogP contribution in [0.1, 0.15) is 45.1 Å². The highest BCUT2D eigenvalue weighted by molar-refractivity contribution is 5.59. The highest BCUT2D eigenvalue weighted by Gasteiger charge is 2.26. The molecule has 1 aromatic carbocycles. The largest absolute Gasteiger partial charge is 0.379 e. The summed E-state index contributed by atoms with van der Waals surface area (Å²) in [4.78, 5) is 4.81. The van der Waals surface area contributed by atoms with Crippen molar-refractivity contribution in [3.63, 3.8) is 0 Å². The van der Waals surface area contributed by atoms with E-state index in [9.17, 15) is 10.5 Å². The number of nitriles is 2. The average molecular weight is 445 g/mol. The average Bonchev–Trinajstić information content (AvgIpc) is 2.81. The Bertz CT molecular complexity index is 951. The van der Waals surface area contributed by atoms with Crippen molar-refractivity contribution in [2.24, 2.45) is 5.41 Å². The van der Waals surface area contributed by atoms with Crippen LogP contribution in [0.4, 0.5) is 5.69 Å². The zero-order valence-electron chi connectivity index (χ0n) is 20.3. The van der Waals surface area contributed by atoms with E-state index in [1.807, 2.05) is 18.2 Å². The second kappa shape index (κ2) is 11.8. The molecule has 0 radical (unpaired) electrons. The molecule has 5 nitrogen and oxygen atoms in total. The van der Waals surface area contributed by atoms with Gasteiger partial charge < -0.3 is 9.64 Å². The van der Waals surface area contributed by atoms with Gasteiger partial charge in [-0.1, -0.05) is 44.2 Å². The Labute approximate surface area is 199 Å². The minimum atomic E-state index is 0.0387. The van der Waals surface area contributed by atoms with Crippen LogP contribution in [0, 0.1) is 28.1 Å². The minimum absolute atomic E-state index is 0.0387. The van der Waals surface area contributed by atoms with Crippen molar-refractivity contribution < 1.29 is 4.74 Å². The van der Waals surface area contributed by atoms with Crippen LogP contribution in [0.3, 0.4) is 0 Å². The predicted octanol–water partition coefficient (Wildman–Crippen LogP) is 5.34. The lowest BCUT2D eigenvalue weighted by atomic mass is 9.74. The van der Waals surface area contributed by atoms with E-state index in [-0.39, 0.29) is 11.0 Å². The fraction of sp³-hybridized carbons (Fsp3) is 0.500. The van der Waals surface area contributed by atoms with Crippen LogP contribution >= 0.6 is 0 Å². The first kappa shape index (κ1) is 24.8. The molecule has 1 saturated heterocycles. The van der Waals surface area contributed by atoms with Crippen LogP contribution in [0.5, 0.6) is 0 Å². The molecule has 0 unspecified atom stereocenters. The third-order valence-electron chi connectivity index (χ3n) is 6.40. The molecule has 0 aromatic heterocycles. The van der Waals surface area contributed by atoms with Gasteiger partial charge in [-0.25, -0.2) is 0 Å². The summed E-state index contributed by atoms with van der Waals surface area (Å²) >= 11 is 0. The highest BCUT2D eigenvalue weighted by Crippen LogP contribution is 2.39. The molecule has 1 aliphatic heterocycles. The van der Waals surface area contributed by atoms with Gasteiger partial charge in [0, 0.05) is 32.4 Å². The molecule has 1 aliphatic carbocycles. The van der Waals surface area contributed by atoms with Gasteiger partial charge in [0.1, 0.15) is 17.7 Å². The summed E-state index contributed by atoms with van der Waals surface area (Å²) in [5.41, 5.74) is 4.65. The molecule has 174 valence electrons. The van der Waals surface area contributed by atoms with Crippen LogP contribution in [0.25, 0.3) is 6.08 Å². The fourth-order valence-corrected chi connectivity index (χ4v) is 4.57. The Morgan fingerprint density at radius 1 is 1.06 bits per heavy atom. The van der Waals surface area contributed by atoms with Gasteiger partial charge in [0.15, 0.2) is 0 Å². The van der Waals surface area contributed by atoms with Crippen LogP contribution in [0.2, 0.25) is 0 Å². The molecule has 5 heteroatoms. The molecule has 1 aromatic rings. The van der Waals surface area contributed by atoms with Crippen molar-refractivity contribution in [2.45, 2.75) is 39.5 Å². The zero-order valence-corrected chi connectivity index (χ0v) is 20.3. The minimum Gasteiger partial charge on any atom is -0.379 e. The number of morpholine rings is 1. The number of hydrogen-bond acceptors (Lipinski definition) is 5. The number of allylic oxidation sites excluding steroid dienone is 5. The second-order valence-electron chi connectivity index (χ2n) is 9.87. The van der Waals surface area contributed by atoms with Crippen LogP contribution < -0.4 is 4.90 Å². The smallest absolute Gasteiger partial charge is 0.132 e. The van der Waals surface area contributed by atoms with Gasteiger partial charge in [-0.2, -0.15) is 10.5 Å². The van der Waals surface area contributed by atoms with Crippen molar-refractivity contribution in [1.29, 1.82) is 10.5 Å². The standard InChI is InChI=1S/C28H36N4O/c1-28(2)19-24(18-25(20-28)26(21-29)22-30)7-6-23-8-10-27(11-9-23)31(3)12-4-5-13-32-14-16-33-17-15-32/h6-11,18H,4-5,12-17,19-20H2,1-3H3/b7-6+. The normalized spacial score (nSPS) is 18.5. The molecular formula is C28H36N4O. The summed E-state index contributed by atoms with van der Waals surface area (Å²) in [7, 11) is 2.16. The van der Waals surface area contributed by atoms with Crippen molar-refractivity contribution in [2.75, 3.05) is 51.3 Å². The van der Waals surface area contributed by atoms with E-state index in [1.54, 1.807) is 0 Å². The molecular weight excluding hydrogens is 408 g/mol. The van der Waals surface area contributed by atoms with Gasteiger partial charge in [-0.05, 0) is 66.5 Å². The Morgan fingerprint density at radius 3 is 2.42 bits per heavy atom. The molecule has 0 amide bonds. The van der Waals surface area contributed by atoms with E-state index < -0.39 is 0 Å². The maximum absolute atomic E-state index is 9.25. The lowest BCUT2D eigenvalue weighted by Gasteiger charge is -2.30. The SMILES string of the molecule is CN(CCCCN1CCOCC1)c1ccc(/C=C/C2=CC(=C(C#N)C#N)CC(C)(C)C2)cc1. The van der Waals surface area contributed by atoms with Crippen molar-refractivity contribution in [3.8, 4) is 12.1 Å². The molecule has 0 saturated carbocycles. The first-order valence-electron chi connectivity index (χ1n) is 11.9. The third kappa shape index (κ3) is 7.60. The molecule has 3 rings (SSSR count). The van der Waals surface area contributed by atoms with Crippen LogP contribution in [-0.4, -0.2) is 51.3 Å². The number of benzene rings is 1. The van der Waals surface area contributed by atoms with E-state index >= 15 is 0 Å². The fourth-order valence-electron chi connectivity index (χ4n) is 4.57. The number of unbranched alkanes of at least 4 members (excludes halogenated alkanes) is 1. The van der Waals surface area contributed by atoms with E-state index in [0.29, 0.717) is 0 Å². The molecule has 0 atom stereocenters. The number of ether oxygens (including phenoxy) is 1. The third-order valence-corrected chi connectivity index (χ3v) is 6.40. The first-order valence-corrected chi connectivity index (χ1v) is 11.9. The van der Waals surface area contributed by atoms with Crippen LogP contribution in [-0.2, 0) is 4.74 Å². The molecule has 33 heavy (non-hydrogen) atoms. The number of nitrogens with zero attached hydrogens (tertiary/aromatic N) is 4. The Balaban J connectivity index is 1.54. The summed E-state index contributed by atoms with van der Waals surface area (Å²) in [6.45, 7) is 10.5. The number of rotatable bonds is 8. The predicted molar refractivity (Wildman–Crippen MR) is 135 cm³/mol. The quantitative estimate of drug-likeness (QED) is 0.400. The number of hydrogen-bond donors (Lipinski definition) is 0. The summed E-state index contributed by atoms with van der Waals surface area (Å²) in [5, 5.41) is 18.5. The summed E-state index contributed by atoms with van der Waals surface area (Å²) in [6.07, 6.45) is 10.3. The van der Waals surface area contributed by atoms with Crippen LogP contribution in [0.15, 0.2) is 53.1 Å². The Morgan fingerprint density at radius 2 is 1.76 bits per heavy atom. The van der Waals surface area contributed by atoms with E-state index in [1.165, 1.54) is 18.5 Å². The topological polar surface area (TPSA) is 63.3 Å². The second-order valence-corrected chi connectivity index (χ2v) is 9.87. The van der Waals surface area contributed by atoms with Gasteiger partial charge in [-0.3, -0.25) is 4.90 Å². The molecule has 0 spiro atoms. The van der Waals surface area contributed by atoms with Gasteiger partial charge in [0.05, 0.1) is 13.2 Å². The molecule has 1 heterocycles. The van der Waals surface area contributed by atoms with Crippen molar-refractivity contribution >= 4 is 11.8 Å². The van der Waals surface area contributed by atoms with E-state index in [2.05, 4.69) is 67.1 Å². The molecule has 0 bridgehead atoms. The van der Waals surface area contributed by atoms with Gasteiger partial charge >= 0.3 is 0 Å². The molecule has 0 N–H and O–H groups in total. The molecule has 1 fully saturated rings. The Hall–Kier alpha value is -2.86. The van der Waals surface area contributed by atoms with Gasteiger partial charge in [-0.15, -0.1) is 0 Å². The summed E-state index contributed by atoms with van der Waals surface area (Å²) in [6, 6.07) is 12.7. The summed E-state index contributed by atoms with van der Waals surface area (Å²) < 4.78 is 5.41. The Kier molecular flexibility index (Phi) is 8.89. The lowest BCUT2D eigenvalue weighted by molar-refractivity contribution is 0.0372. The maximum atomic E-state index is 9.25. The van der Waals surface area contributed by atoms with Crippen molar-refractivity contribution in [3.05, 3.63) is 58.7 Å². The highest BCUT2D eigenvalue weighted by atomic mass is 16.5. The van der Waals surface area contributed by atoms with E-state index in [4.69, 9.17) is 4.74 Å².